The van der Waals surface area contributed by atoms with Gasteiger partial charge in [-0.15, -0.1) is 0 Å². The van der Waals surface area contributed by atoms with Crippen LogP contribution in [-0.2, 0) is 13.0 Å². The molecule has 1 aliphatic rings. The molecule has 3 heteroatoms. The molecule has 0 aliphatic heterocycles. The van der Waals surface area contributed by atoms with Gasteiger partial charge in [0.25, 0.3) is 0 Å². The van der Waals surface area contributed by atoms with Gasteiger partial charge in [-0.2, -0.15) is 0 Å². The molecule has 0 heterocycles. The second-order valence-corrected chi connectivity index (χ2v) is 5.63. The number of hydrogen-bond donors (Lipinski definition) is 1. The van der Waals surface area contributed by atoms with Crippen molar-refractivity contribution in [1.82, 2.24) is 0 Å². The van der Waals surface area contributed by atoms with Gasteiger partial charge in [-0.3, -0.25) is 0 Å². The van der Waals surface area contributed by atoms with Crippen LogP contribution in [-0.4, -0.2) is 5.11 Å². The van der Waals surface area contributed by atoms with Crippen LogP contribution in [0.3, 0.4) is 0 Å². The molecule has 1 atom stereocenters. The SMILES string of the molecule is Cc1ccc(F)cc1COc1ccc2c(c1)C(O)CCC2. The predicted octanol–water partition coefficient (Wildman–Crippen LogP) is 4.08. The molecule has 1 N–H and O–H groups in total. The molecule has 3 rings (SSSR count). The summed E-state index contributed by atoms with van der Waals surface area (Å²) in [5.41, 5.74) is 4.01. The fourth-order valence-electron chi connectivity index (χ4n) is 2.80. The van der Waals surface area contributed by atoms with E-state index in [1.54, 1.807) is 6.07 Å². The third-order valence-corrected chi connectivity index (χ3v) is 4.11. The van der Waals surface area contributed by atoms with Crippen molar-refractivity contribution in [2.75, 3.05) is 0 Å². The van der Waals surface area contributed by atoms with E-state index < -0.39 is 6.10 Å². The number of benzene rings is 2. The van der Waals surface area contributed by atoms with E-state index in [1.165, 1.54) is 17.7 Å². The lowest BCUT2D eigenvalue weighted by Crippen LogP contribution is -2.09. The molecule has 0 spiro atoms. The lowest BCUT2D eigenvalue weighted by molar-refractivity contribution is 0.156. The summed E-state index contributed by atoms with van der Waals surface area (Å²) >= 11 is 0. The van der Waals surface area contributed by atoms with E-state index in [0.717, 1.165) is 41.7 Å². The topological polar surface area (TPSA) is 29.5 Å². The fourth-order valence-corrected chi connectivity index (χ4v) is 2.80. The molecule has 2 aromatic rings. The summed E-state index contributed by atoms with van der Waals surface area (Å²) in [5.74, 6) is 0.471. The Morgan fingerprint density at radius 3 is 2.95 bits per heavy atom. The summed E-state index contributed by atoms with van der Waals surface area (Å²) in [6, 6.07) is 10.6. The van der Waals surface area contributed by atoms with Crippen molar-refractivity contribution >= 4 is 0 Å². The first-order chi connectivity index (χ1) is 10.1. The molecule has 0 fully saturated rings. The van der Waals surface area contributed by atoms with Gasteiger partial charge in [0, 0.05) is 0 Å². The molecule has 1 unspecified atom stereocenters. The zero-order valence-corrected chi connectivity index (χ0v) is 12.1. The Balaban J connectivity index is 1.76. The highest BCUT2D eigenvalue weighted by atomic mass is 19.1. The van der Waals surface area contributed by atoms with E-state index in [4.69, 9.17) is 4.74 Å². The highest BCUT2D eigenvalue weighted by molar-refractivity contribution is 5.38. The average Bonchev–Trinajstić information content (AvgIpc) is 2.49. The van der Waals surface area contributed by atoms with Crippen molar-refractivity contribution in [3.63, 3.8) is 0 Å². The standard InChI is InChI=1S/C18H19FO2/c1-12-5-7-15(19)9-14(12)11-21-16-8-6-13-3-2-4-18(20)17(13)10-16/h5-10,18,20H,2-4,11H2,1H3. The Kier molecular flexibility index (Phi) is 3.93. The van der Waals surface area contributed by atoms with Crippen LogP contribution in [0.4, 0.5) is 4.39 Å². The van der Waals surface area contributed by atoms with E-state index >= 15 is 0 Å². The van der Waals surface area contributed by atoms with Crippen LogP contribution in [0.25, 0.3) is 0 Å². The maximum atomic E-state index is 13.3. The van der Waals surface area contributed by atoms with Gasteiger partial charge >= 0.3 is 0 Å². The highest BCUT2D eigenvalue weighted by Gasteiger charge is 2.18. The summed E-state index contributed by atoms with van der Waals surface area (Å²) in [7, 11) is 0. The van der Waals surface area contributed by atoms with Crippen LogP contribution in [0.1, 0.15) is 41.2 Å². The molecule has 0 aromatic heterocycles. The Bertz CT molecular complexity index is 652. The second-order valence-electron chi connectivity index (χ2n) is 5.63. The number of fused-ring (bicyclic) bond motifs is 1. The van der Waals surface area contributed by atoms with Crippen LogP contribution < -0.4 is 4.74 Å². The van der Waals surface area contributed by atoms with Gasteiger partial charge in [0.15, 0.2) is 0 Å². The van der Waals surface area contributed by atoms with Gasteiger partial charge in [0.1, 0.15) is 18.2 Å². The number of ether oxygens (including phenoxy) is 1. The van der Waals surface area contributed by atoms with Crippen LogP contribution in [0.2, 0.25) is 0 Å². The lowest BCUT2D eigenvalue weighted by Gasteiger charge is -2.22. The molecular weight excluding hydrogens is 267 g/mol. The molecule has 0 bridgehead atoms. The van der Waals surface area contributed by atoms with Crippen molar-refractivity contribution < 1.29 is 14.2 Å². The number of aliphatic hydroxyl groups is 1. The maximum absolute atomic E-state index is 13.3. The molecule has 2 aromatic carbocycles. The molecule has 0 saturated heterocycles. The Morgan fingerprint density at radius 2 is 2.10 bits per heavy atom. The quantitative estimate of drug-likeness (QED) is 0.921. The number of halogens is 1. The molecular formula is C18H19FO2. The number of rotatable bonds is 3. The van der Waals surface area contributed by atoms with Crippen molar-refractivity contribution in [2.24, 2.45) is 0 Å². The highest BCUT2D eigenvalue weighted by Crippen LogP contribution is 2.32. The van der Waals surface area contributed by atoms with Gasteiger partial charge in [-0.25, -0.2) is 4.39 Å². The fraction of sp³-hybridized carbons (Fsp3) is 0.333. The van der Waals surface area contributed by atoms with Crippen molar-refractivity contribution in [2.45, 2.75) is 38.9 Å². The molecule has 0 radical (unpaired) electrons. The molecule has 1 aliphatic carbocycles. The van der Waals surface area contributed by atoms with E-state index in [2.05, 4.69) is 0 Å². The Hall–Kier alpha value is -1.87. The van der Waals surface area contributed by atoms with Crippen LogP contribution in [0, 0.1) is 12.7 Å². The molecule has 110 valence electrons. The Morgan fingerprint density at radius 1 is 1.24 bits per heavy atom. The van der Waals surface area contributed by atoms with Crippen molar-refractivity contribution in [1.29, 1.82) is 0 Å². The summed E-state index contributed by atoms with van der Waals surface area (Å²) < 4.78 is 19.0. The summed E-state index contributed by atoms with van der Waals surface area (Å²) in [4.78, 5) is 0. The second kappa shape index (κ2) is 5.86. The third-order valence-electron chi connectivity index (χ3n) is 4.11. The van der Waals surface area contributed by atoms with E-state index in [1.807, 2.05) is 25.1 Å². The smallest absolute Gasteiger partial charge is 0.123 e. The minimum atomic E-state index is -0.395. The van der Waals surface area contributed by atoms with Gasteiger partial charge in [-0.05, 0) is 72.7 Å². The van der Waals surface area contributed by atoms with Gasteiger partial charge in [0.05, 0.1) is 6.10 Å². The zero-order chi connectivity index (χ0) is 14.8. The van der Waals surface area contributed by atoms with E-state index in [-0.39, 0.29) is 5.82 Å². The average molecular weight is 286 g/mol. The van der Waals surface area contributed by atoms with Crippen LogP contribution in [0.15, 0.2) is 36.4 Å². The zero-order valence-electron chi connectivity index (χ0n) is 12.1. The predicted molar refractivity (Wildman–Crippen MR) is 79.8 cm³/mol. The summed E-state index contributed by atoms with van der Waals surface area (Å²) in [5, 5.41) is 10.0. The summed E-state index contributed by atoms with van der Waals surface area (Å²) in [6.07, 6.45) is 2.44. The third kappa shape index (κ3) is 3.08. The normalized spacial score (nSPS) is 17.4. The number of aliphatic hydroxyl groups excluding tert-OH is 1. The summed E-state index contributed by atoms with van der Waals surface area (Å²) in [6.45, 7) is 2.27. The minimum Gasteiger partial charge on any atom is -0.489 e. The monoisotopic (exact) mass is 286 g/mol. The van der Waals surface area contributed by atoms with Crippen LogP contribution in [0.5, 0.6) is 5.75 Å². The largest absolute Gasteiger partial charge is 0.489 e. The lowest BCUT2D eigenvalue weighted by atomic mass is 9.89. The van der Waals surface area contributed by atoms with Crippen molar-refractivity contribution in [3.8, 4) is 5.75 Å². The van der Waals surface area contributed by atoms with E-state index in [9.17, 15) is 9.50 Å². The van der Waals surface area contributed by atoms with Crippen LogP contribution >= 0.6 is 0 Å². The van der Waals surface area contributed by atoms with E-state index in [0.29, 0.717) is 6.61 Å². The van der Waals surface area contributed by atoms with Gasteiger partial charge in [-0.1, -0.05) is 12.1 Å². The molecule has 21 heavy (non-hydrogen) atoms. The molecule has 0 amide bonds. The van der Waals surface area contributed by atoms with Gasteiger partial charge in [0.2, 0.25) is 0 Å². The number of aryl methyl sites for hydroxylation is 2. The molecule has 2 nitrogen and oxygen atoms in total. The first kappa shape index (κ1) is 14.1. The molecule has 0 saturated carbocycles. The Labute approximate surface area is 124 Å². The maximum Gasteiger partial charge on any atom is 0.123 e. The minimum absolute atomic E-state index is 0.250. The van der Waals surface area contributed by atoms with Gasteiger partial charge < -0.3 is 9.84 Å². The number of hydrogen-bond acceptors (Lipinski definition) is 2. The first-order valence-electron chi connectivity index (χ1n) is 7.32. The first-order valence-corrected chi connectivity index (χ1v) is 7.32. The van der Waals surface area contributed by atoms with Crippen molar-refractivity contribution in [3.05, 3.63) is 64.5 Å².